The molecule has 120 valence electrons. The van der Waals surface area contributed by atoms with E-state index in [1.54, 1.807) is 24.3 Å². The highest BCUT2D eigenvalue weighted by Crippen LogP contribution is 2.18. The maximum atomic E-state index is 12.2. The lowest BCUT2D eigenvalue weighted by Gasteiger charge is -2.29. The molecule has 1 heterocycles. The number of hydrogen-bond acceptors (Lipinski definition) is 4. The highest BCUT2D eigenvalue weighted by molar-refractivity contribution is 6.31. The molecule has 2 amide bonds. The predicted octanol–water partition coefficient (Wildman–Crippen LogP) is 1.88. The number of hydrogen-bond donors (Lipinski definition) is 2. The number of nitrogens with two attached hydrogens (primary N) is 1. The Morgan fingerprint density at radius 3 is 2.65 bits per heavy atom. The molecule has 6 nitrogen and oxygen atoms in total. The molecule has 1 aromatic rings. The Morgan fingerprint density at radius 2 is 2.09 bits per heavy atom. The number of likely N-dealkylation sites (tertiary alicyclic amines) is 1. The van der Waals surface area contributed by atoms with Gasteiger partial charge in [0, 0.05) is 35.9 Å². The first-order valence-corrected chi connectivity index (χ1v) is 7.59. The third-order valence-electron chi connectivity index (χ3n) is 3.69. The number of nitrogens with zero attached hydrogens (tertiary/aromatic N) is 2. The minimum Gasteiger partial charge on any atom is -0.376 e. The molecule has 7 heteroatoms. The van der Waals surface area contributed by atoms with Gasteiger partial charge in [-0.15, -0.1) is 0 Å². The molecule has 0 atom stereocenters. The molecule has 23 heavy (non-hydrogen) atoms. The number of primary amides is 1. The van der Waals surface area contributed by atoms with Crippen LogP contribution in [-0.2, 0) is 9.59 Å². The first kappa shape index (κ1) is 16.8. The van der Waals surface area contributed by atoms with Crippen molar-refractivity contribution in [2.45, 2.75) is 12.8 Å². The molecule has 1 aliphatic rings. The number of carbonyl (C=O) groups excluding carboxylic acids is 2. The van der Waals surface area contributed by atoms with Crippen LogP contribution in [0.2, 0.25) is 5.02 Å². The summed E-state index contributed by atoms with van der Waals surface area (Å²) in [4.78, 5) is 25.2. The summed E-state index contributed by atoms with van der Waals surface area (Å²) in [7, 11) is 0. The van der Waals surface area contributed by atoms with Crippen LogP contribution in [0.25, 0.3) is 0 Å². The zero-order chi connectivity index (χ0) is 16.8. The van der Waals surface area contributed by atoms with Crippen LogP contribution in [0, 0.1) is 17.2 Å². The summed E-state index contributed by atoms with van der Waals surface area (Å²) in [6.45, 7) is 1.17. The molecule has 0 radical (unpaired) electrons. The number of carbonyl (C=O) groups is 2. The van der Waals surface area contributed by atoms with E-state index < -0.39 is 5.91 Å². The van der Waals surface area contributed by atoms with Gasteiger partial charge in [0.2, 0.25) is 5.91 Å². The smallest absolute Gasteiger partial charge is 0.267 e. The quantitative estimate of drug-likeness (QED) is 0.649. The van der Waals surface area contributed by atoms with E-state index in [-0.39, 0.29) is 17.4 Å². The normalized spacial score (nSPS) is 15.8. The third-order valence-corrected chi connectivity index (χ3v) is 3.93. The molecule has 0 unspecified atom stereocenters. The molecule has 3 N–H and O–H groups in total. The van der Waals surface area contributed by atoms with Gasteiger partial charge in [-0.1, -0.05) is 17.7 Å². The van der Waals surface area contributed by atoms with Crippen LogP contribution in [0.15, 0.2) is 36.0 Å². The topological polar surface area (TPSA) is 99.2 Å². The number of halogens is 1. The second kappa shape index (κ2) is 7.65. The molecule has 1 aliphatic heterocycles. The summed E-state index contributed by atoms with van der Waals surface area (Å²) in [5, 5.41) is 12.3. The number of rotatable bonds is 4. The Balaban J connectivity index is 2.00. The summed E-state index contributed by atoms with van der Waals surface area (Å²) in [5.41, 5.74) is 5.81. The predicted molar refractivity (Wildman–Crippen MR) is 87.3 cm³/mol. The third kappa shape index (κ3) is 4.73. The minimum atomic E-state index is -0.494. The SMILES string of the molecule is N#C/C(=C/N1CCC(C(N)=O)CC1)C(=O)Nc1cccc(Cl)c1. The molecule has 1 saturated heterocycles. The zero-order valence-electron chi connectivity index (χ0n) is 12.5. The van der Waals surface area contributed by atoms with E-state index in [1.807, 2.05) is 11.0 Å². The van der Waals surface area contributed by atoms with Gasteiger partial charge < -0.3 is 16.0 Å². The van der Waals surface area contributed by atoms with Crippen LogP contribution in [0.4, 0.5) is 5.69 Å². The highest BCUT2D eigenvalue weighted by atomic mass is 35.5. The largest absolute Gasteiger partial charge is 0.376 e. The van der Waals surface area contributed by atoms with Crippen molar-refractivity contribution in [1.82, 2.24) is 4.90 Å². The van der Waals surface area contributed by atoms with Crippen LogP contribution in [-0.4, -0.2) is 29.8 Å². The first-order valence-electron chi connectivity index (χ1n) is 7.22. The number of amides is 2. The zero-order valence-corrected chi connectivity index (χ0v) is 13.2. The lowest BCUT2D eigenvalue weighted by molar-refractivity contribution is -0.123. The molecule has 0 aromatic heterocycles. The molecule has 2 rings (SSSR count). The van der Waals surface area contributed by atoms with Crippen LogP contribution >= 0.6 is 11.6 Å². The van der Waals surface area contributed by atoms with Gasteiger partial charge in [-0.05, 0) is 31.0 Å². The van der Waals surface area contributed by atoms with Crippen LogP contribution in [0.1, 0.15) is 12.8 Å². The van der Waals surface area contributed by atoms with Crippen molar-refractivity contribution in [1.29, 1.82) is 5.26 Å². The van der Waals surface area contributed by atoms with Gasteiger partial charge in [0.1, 0.15) is 11.6 Å². The molecule has 0 aliphatic carbocycles. The number of anilines is 1. The van der Waals surface area contributed by atoms with E-state index in [4.69, 9.17) is 17.3 Å². The van der Waals surface area contributed by atoms with E-state index in [1.165, 1.54) is 6.20 Å². The van der Waals surface area contributed by atoms with Gasteiger partial charge >= 0.3 is 0 Å². The second-order valence-electron chi connectivity index (χ2n) is 5.33. The van der Waals surface area contributed by atoms with E-state index >= 15 is 0 Å². The molecule has 1 aromatic carbocycles. The Kier molecular flexibility index (Phi) is 5.61. The number of piperidine rings is 1. The van der Waals surface area contributed by atoms with Crippen LogP contribution in [0.5, 0.6) is 0 Å². The van der Waals surface area contributed by atoms with Crippen molar-refractivity contribution in [3.8, 4) is 6.07 Å². The Bertz CT molecular complexity index is 673. The Labute approximate surface area is 139 Å². The van der Waals surface area contributed by atoms with E-state index in [0.29, 0.717) is 36.6 Å². The summed E-state index contributed by atoms with van der Waals surface area (Å²) in [5.74, 6) is -0.926. The molecular formula is C16H17ClN4O2. The van der Waals surface area contributed by atoms with Gasteiger partial charge in [0.15, 0.2) is 0 Å². The van der Waals surface area contributed by atoms with Crippen LogP contribution in [0.3, 0.4) is 0 Å². The summed E-state index contributed by atoms with van der Waals surface area (Å²) in [6, 6.07) is 8.60. The second-order valence-corrected chi connectivity index (χ2v) is 5.77. The number of nitrogens with one attached hydrogen (secondary N) is 1. The van der Waals surface area contributed by atoms with Gasteiger partial charge in [0.05, 0.1) is 0 Å². The Hall–Kier alpha value is -2.52. The standard InChI is InChI=1S/C16H17ClN4O2/c17-13-2-1-3-14(8-13)20-16(23)12(9-18)10-21-6-4-11(5-7-21)15(19)22/h1-3,8,10-11H,4-7H2,(H2,19,22)(H,20,23)/b12-10-. The molecule has 0 saturated carbocycles. The van der Waals surface area contributed by atoms with Gasteiger partial charge in [-0.25, -0.2) is 0 Å². The van der Waals surface area contributed by atoms with Crippen molar-refractivity contribution in [2.75, 3.05) is 18.4 Å². The van der Waals surface area contributed by atoms with E-state index in [2.05, 4.69) is 5.32 Å². The monoisotopic (exact) mass is 332 g/mol. The van der Waals surface area contributed by atoms with Crippen molar-refractivity contribution in [3.05, 3.63) is 41.1 Å². The van der Waals surface area contributed by atoms with Gasteiger partial charge in [-0.2, -0.15) is 5.26 Å². The fourth-order valence-electron chi connectivity index (χ4n) is 2.40. The maximum absolute atomic E-state index is 12.2. The van der Waals surface area contributed by atoms with Crippen molar-refractivity contribution < 1.29 is 9.59 Å². The van der Waals surface area contributed by atoms with Crippen molar-refractivity contribution in [2.24, 2.45) is 11.7 Å². The molecule has 0 spiro atoms. The average Bonchev–Trinajstić information content (AvgIpc) is 2.53. The fraction of sp³-hybridized carbons (Fsp3) is 0.312. The summed E-state index contributed by atoms with van der Waals surface area (Å²) >= 11 is 5.86. The van der Waals surface area contributed by atoms with Gasteiger partial charge in [0.25, 0.3) is 5.91 Å². The summed E-state index contributed by atoms with van der Waals surface area (Å²) < 4.78 is 0. The molecular weight excluding hydrogens is 316 g/mol. The van der Waals surface area contributed by atoms with E-state index in [9.17, 15) is 14.9 Å². The Morgan fingerprint density at radius 1 is 1.39 bits per heavy atom. The lowest BCUT2D eigenvalue weighted by atomic mass is 9.96. The lowest BCUT2D eigenvalue weighted by Crippen LogP contribution is -2.36. The average molecular weight is 333 g/mol. The van der Waals surface area contributed by atoms with E-state index in [0.717, 1.165) is 0 Å². The minimum absolute atomic E-state index is 0.00232. The van der Waals surface area contributed by atoms with Crippen molar-refractivity contribution in [3.63, 3.8) is 0 Å². The highest BCUT2D eigenvalue weighted by Gasteiger charge is 2.22. The number of benzene rings is 1. The number of nitriles is 1. The first-order chi connectivity index (χ1) is 11.0. The molecule has 0 bridgehead atoms. The molecule has 1 fully saturated rings. The van der Waals surface area contributed by atoms with Gasteiger partial charge in [-0.3, -0.25) is 9.59 Å². The summed E-state index contributed by atoms with van der Waals surface area (Å²) in [6.07, 6.45) is 2.78. The fourth-order valence-corrected chi connectivity index (χ4v) is 2.59. The van der Waals surface area contributed by atoms with Crippen molar-refractivity contribution >= 4 is 29.1 Å². The maximum Gasteiger partial charge on any atom is 0.267 e. The van der Waals surface area contributed by atoms with Crippen LogP contribution < -0.4 is 11.1 Å².